The van der Waals surface area contributed by atoms with Crippen molar-refractivity contribution >= 4 is 12.0 Å². The van der Waals surface area contributed by atoms with Gasteiger partial charge in [0.15, 0.2) is 0 Å². The molecule has 5 nitrogen and oxygen atoms in total. The summed E-state index contributed by atoms with van der Waals surface area (Å²) in [6.07, 6.45) is 6.07. The molecule has 5 heteroatoms. The molecule has 2 fully saturated rings. The number of nitrogens with one attached hydrogen (secondary N) is 1. The molecule has 0 spiro atoms. The summed E-state index contributed by atoms with van der Waals surface area (Å²) < 4.78 is 0. The van der Waals surface area contributed by atoms with Gasteiger partial charge >= 0.3 is 12.0 Å². The molecule has 1 aliphatic carbocycles. The molecule has 2 N–H and O–H groups in total. The zero-order valence-electron chi connectivity index (χ0n) is 14.7. The number of rotatable bonds is 4. The maximum absolute atomic E-state index is 12.4. The molecule has 0 unspecified atom stereocenters. The highest BCUT2D eigenvalue weighted by atomic mass is 16.4. The van der Waals surface area contributed by atoms with E-state index in [9.17, 15) is 9.59 Å². The molecule has 2 amide bonds. The van der Waals surface area contributed by atoms with E-state index in [4.69, 9.17) is 5.11 Å². The normalized spacial score (nSPS) is 24.7. The smallest absolute Gasteiger partial charge is 0.317 e. The fourth-order valence-electron chi connectivity index (χ4n) is 4.04. The van der Waals surface area contributed by atoms with Crippen LogP contribution < -0.4 is 5.32 Å². The molecule has 0 bridgehead atoms. The van der Waals surface area contributed by atoms with Crippen LogP contribution in [0.4, 0.5) is 4.79 Å². The standard InChI is InChI=1S/C20H28N2O3/c23-19(24)17-6-8-18(9-7-17)21-20(25)22-12-10-16(11-13-22)14-15-4-2-1-3-5-15/h1-5,16-18H,6-14H2,(H,21,25)(H,23,24). The van der Waals surface area contributed by atoms with Crippen LogP contribution in [-0.2, 0) is 11.2 Å². The summed E-state index contributed by atoms with van der Waals surface area (Å²) in [7, 11) is 0. The number of carbonyl (C=O) groups is 2. The molecule has 2 aliphatic rings. The van der Waals surface area contributed by atoms with Gasteiger partial charge in [0.1, 0.15) is 0 Å². The number of carbonyl (C=O) groups excluding carboxylic acids is 1. The van der Waals surface area contributed by atoms with Gasteiger partial charge in [0, 0.05) is 19.1 Å². The van der Waals surface area contributed by atoms with Gasteiger partial charge in [-0.15, -0.1) is 0 Å². The van der Waals surface area contributed by atoms with Crippen LogP contribution in [0.15, 0.2) is 30.3 Å². The van der Waals surface area contributed by atoms with Gasteiger partial charge in [0.25, 0.3) is 0 Å². The maximum atomic E-state index is 12.4. The van der Waals surface area contributed by atoms with Crippen molar-refractivity contribution in [2.24, 2.45) is 11.8 Å². The molecule has 136 valence electrons. The molecule has 1 saturated carbocycles. The summed E-state index contributed by atoms with van der Waals surface area (Å²) in [6.45, 7) is 1.63. The van der Waals surface area contributed by atoms with Gasteiger partial charge in [-0.05, 0) is 56.4 Å². The third-order valence-corrected chi connectivity index (χ3v) is 5.67. The van der Waals surface area contributed by atoms with E-state index >= 15 is 0 Å². The number of benzene rings is 1. The predicted octanol–water partition coefficient (Wildman–Crippen LogP) is 3.29. The summed E-state index contributed by atoms with van der Waals surface area (Å²) in [4.78, 5) is 25.4. The van der Waals surface area contributed by atoms with Crippen molar-refractivity contribution in [3.05, 3.63) is 35.9 Å². The van der Waals surface area contributed by atoms with Gasteiger partial charge in [-0.25, -0.2) is 4.79 Å². The summed E-state index contributed by atoms with van der Waals surface area (Å²) in [5.41, 5.74) is 1.38. The second kappa shape index (κ2) is 8.37. The lowest BCUT2D eigenvalue weighted by molar-refractivity contribution is -0.142. The first-order valence-electron chi connectivity index (χ1n) is 9.44. The Balaban J connectivity index is 1.39. The second-order valence-corrected chi connectivity index (χ2v) is 7.46. The van der Waals surface area contributed by atoms with E-state index < -0.39 is 5.97 Å². The molecular weight excluding hydrogens is 316 g/mol. The lowest BCUT2D eigenvalue weighted by Gasteiger charge is -2.34. The van der Waals surface area contributed by atoms with Crippen LogP contribution in [0.5, 0.6) is 0 Å². The van der Waals surface area contributed by atoms with E-state index in [0.717, 1.165) is 45.2 Å². The molecule has 0 aromatic heterocycles. The topological polar surface area (TPSA) is 69.6 Å². The molecular formula is C20H28N2O3. The van der Waals surface area contributed by atoms with E-state index in [-0.39, 0.29) is 18.0 Å². The first kappa shape index (κ1) is 17.8. The van der Waals surface area contributed by atoms with Crippen molar-refractivity contribution in [2.75, 3.05) is 13.1 Å². The van der Waals surface area contributed by atoms with Crippen molar-refractivity contribution in [3.63, 3.8) is 0 Å². The predicted molar refractivity (Wildman–Crippen MR) is 96.4 cm³/mol. The Kier molecular flexibility index (Phi) is 5.95. The molecule has 3 rings (SSSR count). The average molecular weight is 344 g/mol. The van der Waals surface area contributed by atoms with Crippen LogP contribution in [0.1, 0.15) is 44.1 Å². The van der Waals surface area contributed by atoms with Crippen molar-refractivity contribution in [1.29, 1.82) is 0 Å². The molecule has 1 aliphatic heterocycles. The number of likely N-dealkylation sites (tertiary alicyclic amines) is 1. The average Bonchev–Trinajstić information content (AvgIpc) is 2.63. The Morgan fingerprint density at radius 1 is 1.00 bits per heavy atom. The second-order valence-electron chi connectivity index (χ2n) is 7.46. The molecule has 1 aromatic carbocycles. The van der Waals surface area contributed by atoms with Gasteiger partial charge in [0.05, 0.1) is 5.92 Å². The van der Waals surface area contributed by atoms with E-state index in [1.54, 1.807) is 0 Å². The number of piperidine rings is 1. The largest absolute Gasteiger partial charge is 0.481 e. The minimum Gasteiger partial charge on any atom is -0.481 e. The number of hydrogen-bond donors (Lipinski definition) is 2. The highest BCUT2D eigenvalue weighted by Gasteiger charge is 2.29. The van der Waals surface area contributed by atoms with Crippen LogP contribution in [0.2, 0.25) is 0 Å². The number of carboxylic acids is 1. The van der Waals surface area contributed by atoms with Crippen LogP contribution in [0.3, 0.4) is 0 Å². The molecule has 0 atom stereocenters. The SMILES string of the molecule is O=C(O)C1CCC(NC(=O)N2CCC(Cc3ccccc3)CC2)CC1. The molecule has 0 radical (unpaired) electrons. The van der Waals surface area contributed by atoms with Crippen LogP contribution in [-0.4, -0.2) is 41.1 Å². The van der Waals surface area contributed by atoms with Gasteiger partial charge in [-0.3, -0.25) is 4.79 Å². The fourth-order valence-corrected chi connectivity index (χ4v) is 4.04. The summed E-state index contributed by atoms with van der Waals surface area (Å²) in [6, 6.07) is 10.7. The number of carboxylic acid groups (broad SMARTS) is 1. The number of aliphatic carboxylic acids is 1. The quantitative estimate of drug-likeness (QED) is 0.880. The van der Waals surface area contributed by atoms with Gasteiger partial charge in [-0.2, -0.15) is 0 Å². The zero-order valence-corrected chi connectivity index (χ0v) is 14.7. The number of nitrogens with zero attached hydrogens (tertiary/aromatic N) is 1. The lowest BCUT2D eigenvalue weighted by atomic mass is 9.86. The minimum absolute atomic E-state index is 0.0249. The maximum Gasteiger partial charge on any atom is 0.317 e. The van der Waals surface area contributed by atoms with E-state index in [2.05, 4.69) is 29.6 Å². The number of hydrogen-bond acceptors (Lipinski definition) is 2. The Morgan fingerprint density at radius 2 is 1.64 bits per heavy atom. The fraction of sp³-hybridized carbons (Fsp3) is 0.600. The van der Waals surface area contributed by atoms with Crippen molar-refractivity contribution < 1.29 is 14.7 Å². The van der Waals surface area contributed by atoms with Gasteiger partial charge < -0.3 is 15.3 Å². The zero-order chi connectivity index (χ0) is 17.6. The Morgan fingerprint density at radius 3 is 2.24 bits per heavy atom. The highest BCUT2D eigenvalue weighted by Crippen LogP contribution is 2.25. The van der Waals surface area contributed by atoms with Crippen molar-refractivity contribution in [1.82, 2.24) is 10.2 Å². The third kappa shape index (κ3) is 4.97. The first-order valence-corrected chi connectivity index (χ1v) is 9.44. The summed E-state index contributed by atoms with van der Waals surface area (Å²) in [5.74, 6) is -0.287. The van der Waals surface area contributed by atoms with Crippen LogP contribution in [0, 0.1) is 11.8 Å². The van der Waals surface area contributed by atoms with E-state index in [0.29, 0.717) is 18.8 Å². The minimum atomic E-state index is -0.703. The van der Waals surface area contributed by atoms with Crippen molar-refractivity contribution in [2.45, 2.75) is 51.0 Å². The van der Waals surface area contributed by atoms with Crippen molar-refractivity contribution in [3.8, 4) is 0 Å². The Hall–Kier alpha value is -2.04. The Labute approximate surface area is 149 Å². The van der Waals surface area contributed by atoms with E-state index in [1.165, 1.54) is 5.56 Å². The van der Waals surface area contributed by atoms with Gasteiger partial charge in [0.2, 0.25) is 0 Å². The summed E-state index contributed by atoms with van der Waals surface area (Å²) >= 11 is 0. The molecule has 25 heavy (non-hydrogen) atoms. The summed E-state index contributed by atoms with van der Waals surface area (Å²) in [5, 5.41) is 12.2. The molecule has 1 aromatic rings. The van der Waals surface area contributed by atoms with Crippen LogP contribution >= 0.6 is 0 Å². The molecule has 1 heterocycles. The number of urea groups is 1. The molecule has 1 saturated heterocycles. The monoisotopic (exact) mass is 344 g/mol. The first-order chi connectivity index (χ1) is 12.1. The third-order valence-electron chi connectivity index (χ3n) is 5.67. The lowest BCUT2D eigenvalue weighted by Crippen LogP contribution is -2.49. The highest BCUT2D eigenvalue weighted by molar-refractivity contribution is 5.74. The van der Waals surface area contributed by atoms with Crippen LogP contribution in [0.25, 0.3) is 0 Å². The van der Waals surface area contributed by atoms with Gasteiger partial charge in [-0.1, -0.05) is 30.3 Å². The number of amides is 2. The Bertz CT molecular complexity index is 574. The van der Waals surface area contributed by atoms with E-state index in [1.807, 2.05) is 11.0 Å².